The Morgan fingerprint density at radius 2 is 1.56 bits per heavy atom. The molecule has 1 aliphatic heterocycles. The van der Waals surface area contributed by atoms with E-state index < -0.39 is 23.8 Å². The molecule has 1 heterocycles. The van der Waals surface area contributed by atoms with Crippen molar-refractivity contribution in [1.29, 1.82) is 0 Å². The third kappa shape index (κ3) is 7.88. The van der Waals surface area contributed by atoms with Crippen LogP contribution in [0.3, 0.4) is 0 Å². The topological polar surface area (TPSA) is 105 Å². The maximum Gasteiger partial charge on any atom is 0.251 e. The van der Waals surface area contributed by atoms with Gasteiger partial charge in [0.1, 0.15) is 11.8 Å². The Kier molecular flexibility index (Phi) is 11.2. The number of methoxy groups -OCH3 is 1. The van der Waals surface area contributed by atoms with Crippen LogP contribution in [0.15, 0.2) is 103 Å². The minimum atomic E-state index is -0.889. The van der Waals surface area contributed by atoms with E-state index >= 15 is 0 Å². The molecular formula is C40H46N4O4. The molecule has 3 amide bonds. The van der Waals surface area contributed by atoms with Gasteiger partial charge >= 0.3 is 0 Å². The number of primary amides is 1. The molecule has 0 bridgehead atoms. The van der Waals surface area contributed by atoms with Crippen LogP contribution in [0.4, 0.5) is 17.1 Å². The maximum atomic E-state index is 14.7. The van der Waals surface area contributed by atoms with E-state index in [1.54, 1.807) is 12.0 Å². The van der Waals surface area contributed by atoms with E-state index in [4.69, 9.17) is 10.5 Å². The molecule has 0 saturated heterocycles. The lowest BCUT2D eigenvalue weighted by molar-refractivity contribution is -0.136. The summed E-state index contributed by atoms with van der Waals surface area (Å²) in [5, 5.41) is 3.11. The average Bonchev–Trinajstić information content (AvgIpc) is 3.21. The lowest BCUT2D eigenvalue weighted by atomic mass is 9.81. The Hall–Kier alpha value is -5.11. The third-order valence-corrected chi connectivity index (χ3v) is 8.98. The molecule has 4 aromatic carbocycles. The molecule has 0 saturated carbocycles. The van der Waals surface area contributed by atoms with Gasteiger partial charge in [0.05, 0.1) is 31.6 Å². The zero-order chi connectivity index (χ0) is 34.2. The highest BCUT2D eigenvalue weighted by Crippen LogP contribution is 2.38. The van der Waals surface area contributed by atoms with Crippen molar-refractivity contribution in [2.45, 2.75) is 52.6 Å². The third-order valence-electron chi connectivity index (χ3n) is 8.98. The van der Waals surface area contributed by atoms with Gasteiger partial charge in [-0.2, -0.15) is 0 Å². The number of amides is 3. The Balaban J connectivity index is 1.54. The van der Waals surface area contributed by atoms with Crippen molar-refractivity contribution in [3.05, 3.63) is 109 Å². The number of benzene rings is 4. The smallest absolute Gasteiger partial charge is 0.251 e. The predicted octanol–water partition coefficient (Wildman–Crippen LogP) is 7.10. The largest absolute Gasteiger partial charge is 0.497 e. The van der Waals surface area contributed by atoms with Gasteiger partial charge in [0.2, 0.25) is 11.8 Å². The average molecular weight is 647 g/mol. The van der Waals surface area contributed by atoms with Crippen LogP contribution in [0.25, 0.3) is 11.1 Å². The van der Waals surface area contributed by atoms with Gasteiger partial charge in [-0.25, -0.2) is 0 Å². The normalized spacial score (nSPS) is 15.8. The number of carbonyl (C=O) groups excluding carboxylic acids is 3. The standard InChI is InChI=1S/C40H46N4O4/c1-5-12-33(38(41)45)34(23-27(2)3)39(46)42-35-26-43(31-15-7-6-8-16-31)36-17-9-10-18-37(36)44(40(35)47)25-28-13-11-14-30(24-28)29-19-21-32(48-4)22-20-29/h6-11,13-22,24,27,33-35H,5,12,23,25-26H2,1-4H3,(H2,41,45)(H,42,46). The van der Waals surface area contributed by atoms with Crippen molar-refractivity contribution in [1.82, 2.24) is 5.32 Å². The molecule has 1 aliphatic rings. The number of hydrogen-bond acceptors (Lipinski definition) is 5. The van der Waals surface area contributed by atoms with Crippen LogP contribution in [0.1, 0.15) is 45.6 Å². The van der Waals surface area contributed by atoms with E-state index in [9.17, 15) is 14.4 Å². The predicted molar refractivity (Wildman–Crippen MR) is 192 cm³/mol. The first-order valence-corrected chi connectivity index (χ1v) is 16.8. The minimum absolute atomic E-state index is 0.156. The molecule has 48 heavy (non-hydrogen) atoms. The van der Waals surface area contributed by atoms with Crippen LogP contribution in [-0.2, 0) is 20.9 Å². The number of rotatable bonds is 13. The molecular weight excluding hydrogens is 600 g/mol. The highest BCUT2D eigenvalue weighted by Gasteiger charge is 2.39. The first-order valence-electron chi connectivity index (χ1n) is 16.8. The number of nitrogens with zero attached hydrogens (tertiary/aromatic N) is 2. The summed E-state index contributed by atoms with van der Waals surface area (Å²) in [6.45, 7) is 6.54. The monoisotopic (exact) mass is 646 g/mol. The molecule has 0 spiro atoms. The van der Waals surface area contributed by atoms with Crippen molar-refractivity contribution in [3.8, 4) is 16.9 Å². The van der Waals surface area contributed by atoms with Crippen LogP contribution in [-0.4, -0.2) is 37.4 Å². The quantitative estimate of drug-likeness (QED) is 0.161. The van der Waals surface area contributed by atoms with Crippen LogP contribution in [0.5, 0.6) is 5.75 Å². The molecule has 5 rings (SSSR count). The van der Waals surface area contributed by atoms with Crippen molar-refractivity contribution in [3.63, 3.8) is 0 Å². The van der Waals surface area contributed by atoms with Gasteiger partial charge in [0, 0.05) is 17.5 Å². The Morgan fingerprint density at radius 1 is 0.875 bits per heavy atom. The summed E-state index contributed by atoms with van der Waals surface area (Å²) in [5.41, 5.74) is 11.4. The fraction of sp³-hybridized carbons (Fsp3) is 0.325. The van der Waals surface area contributed by atoms with Gasteiger partial charge < -0.3 is 25.6 Å². The van der Waals surface area contributed by atoms with Crippen LogP contribution in [0.2, 0.25) is 0 Å². The lowest BCUT2D eigenvalue weighted by Crippen LogP contribution is -2.54. The first-order chi connectivity index (χ1) is 23.2. The van der Waals surface area contributed by atoms with Gasteiger partial charge in [-0.15, -0.1) is 0 Å². The summed E-state index contributed by atoms with van der Waals surface area (Å²) in [5.74, 6) is -1.34. The molecule has 8 heteroatoms. The molecule has 3 atom stereocenters. The lowest BCUT2D eigenvalue weighted by Gasteiger charge is -2.30. The van der Waals surface area contributed by atoms with Crippen LogP contribution < -0.4 is 25.6 Å². The molecule has 250 valence electrons. The fourth-order valence-corrected chi connectivity index (χ4v) is 6.62. The fourth-order valence-electron chi connectivity index (χ4n) is 6.62. The van der Waals surface area contributed by atoms with Crippen LogP contribution >= 0.6 is 0 Å². The van der Waals surface area contributed by atoms with Gasteiger partial charge in [0.25, 0.3) is 5.91 Å². The van der Waals surface area contributed by atoms with Crippen molar-refractivity contribution >= 4 is 34.8 Å². The number of anilines is 3. The van der Waals surface area contributed by atoms with Crippen molar-refractivity contribution in [2.24, 2.45) is 23.5 Å². The number of ether oxygens (including phenoxy) is 1. The van der Waals surface area contributed by atoms with E-state index in [1.165, 1.54) is 0 Å². The number of nitrogens with one attached hydrogen (secondary N) is 1. The molecule has 3 unspecified atom stereocenters. The highest BCUT2D eigenvalue weighted by atomic mass is 16.5. The zero-order valence-corrected chi connectivity index (χ0v) is 28.3. The minimum Gasteiger partial charge on any atom is -0.497 e. The zero-order valence-electron chi connectivity index (χ0n) is 28.3. The van der Waals surface area contributed by atoms with Gasteiger partial charge in [-0.05, 0) is 77.9 Å². The first kappa shape index (κ1) is 34.2. The van der Waals surface area contributed by atoms with Gasteiger partial charge in [-0.3, -0.25) is 14.4 Å². The second kappa shape index (κ2) is 15.7. The molecule has 4 aromatic rings. The number of hydrogen-bond donors (Lipinski definition) is 2. The summed E-state index contributed by atoms with van der Waals surface area (Å²) in [4.78, 5) is 45.3. The van der Waals surface area contributed by atoms with Crippen LogP contribution in [0, 0.1) is 17.8 Å². The summed E-state index contributed by atoms with van der Waals surface area (Å²) < 4.78 is 5.33. The van der Waals surface area contributed by atoms with Crippen molar-refractivity contribution in [2.75, 3.05) is 23.5 Å². The molecule has 0 radical (unpaired) electrons. The van der Waals surface area contributed by atoms with Gasteiger partial charge in [-0.1, -0.05) is 87.9 Å². The molecule has 3 N–H and O–H groups in total. The maximum absolute atomic E-state index is 14.7. The van der Waals surface area contributed by atoms with E-state index in [2.05, 4.69) is 16.3 Å². The summed E-state index contributed by atoms with van der Waals surface area (Å²) in [6, 6.07) is 32.8. The number of fused-ring (bicyclic) bond motifs is 1. The van der Waals surface area contributed by atoms with E-state index in [0.717, 1.165) is 45.9 Å². The second-order valence-corrected chi connectivity index (χ2v) is 12.9. The van der Waals surface area contributed by atoms with E-state index in [1.807, 2.05) is 118 Å². The second-order valence-electron chi connectivity index (χ2n) is 12.9. The molecule has 0 aliphatic carbocycles. The molecule has 0 aromatic heterocycles. The van der Waals surface area contributed by atoms with E-state index in [0.29, 0.717) is 19.4 Å². The summed E-state index contributed by atoms with van der Waals surface area (Å²) in [7, 11) is 1.64. The number of carbonyl (C=O) groups is 3. The summed E-state index contributed by atoms with van der Waals surface area (Å²) >= 11 is 0. The SMILES string of the molecule is CCCC(C(N)=O)C(CC(C)C)C(=O)NC1CN(c2ccccc2)c2ccccc2N(Cc2cccc(-c3ccc(OC)cc3)c2)C1=O. The van der Waals surface area contributed by atoms with E-state index in [-0.39, 0.29) is 24.3 Å². The number of nitrogens with two attached hydrogens (primary N) is 1. The Bertz CT molecular complexity index is 1710. The Morgan fingerprint density at radius 3 is 2.21 bits per heavy atom. The Labute approximate surface area is 283 Å². The molecule has 0 fully saturated rings. The van der Waals surface area contributed by atoms with Gasteiger partial charge in [0.15, 0.2) is 0 Å². The summed E-state index contributed by atoms with van der Waals surface area (Å²) in [6.07, 6.45) is 1.72. The van der Waals surface area contributed by atoms with Crippen molar-refractivity contribution < 1.29 is 19.1 Å². The number of para-hydroxylation sites is 3. The highest BCUT2D eigenvalue weighted by molar-refractivity contribution is 6.04. The molecule has 8 nitrogen and oxygen atoms in total.